The van der Waals surface area contributed by atoms with Crippen LogP contribution in [0.3, 0.4) is 0 Å². The maximum atomic E-state index is 11.5. The Balaban J connectivity index is 1.90. The second-order valence-electron chi connectivity index (χ2n) is 5.82. The molecule has 0 atom stereocenters. The van der Waals surface area contributed by atoms with E-state index < -0.39 is 5.91 Å². The lowest BCUT2D eigenvalue weighted by Gasteiger charge is -2.07. The van der Waals surface area contributed by atoms with E-state index in [-0.39, 0.29) is 0 Å². The molecule has 0 saturated heterocycles. The molecule has 0 bridgehead atoms. The summed E-state index contributed by atoms with van der Waals surface area (Å²) in [7, 11) is 0. The number of halogens is 2. The first-order valence-corrected chi connectivity index (χ1v) is 9.61. The quantitative estimate of drug-likeness (QED) is 0.468. The van der Waals surface area contributed by atoms with Crippen molar-refractivity contribution in [2.45, 2.75) is 0 Å². The van der Waals surface area contributed by atoms with E-state index in [0.717, 1.165) is 27.5 Å². The lowest BCUT2D eigenvalue weighted by atomic mass is 10.1. The van der Waals surface area contributed by atoms with Crippen LogP contribution in [0.5, 0.6) is 0 Å². The zero-order valence-corrected chi connectivity index (χ0v) is 16.2. The Hall–Kier alpha value is -2.60. The average molecular weight is 414 g/mol. The van der Waals surface area contributed by atoms with E-state index in [4.69, 9.17) is 34.0 Å². The maximum absolute atomic E-state index is 11.5. The first kappa shape index (κ1) is 17.8. The van der Waals surface area contributed by atoms with Crippen LogP contribution in [0.4, 0.5) is 0 Å². The molecule has 7 heteroatoms. The number of nitrogens with zero attached hydrogens (tertiary/aromatic N) is 2. The van der Waals surface area contributed by atoms with Gasteiger partial charge in [0.15, 0.2) is 0 Å². The van der Waals surface area contributed by atoms with Gasteiger partial charge in [-0.25, -0.2) is 4.68 Å². The number of hydrogen-bond donors (Lipinski definition) is 1. The van der Waals surface area contributed by atoms with Gasteiger partial charge >= 0.3 is 0 Å². The monoisotopic (exact) mass is 413 g/mol. The van der Waals surface area contributed by atoms with Crippen molar-refractivity contribution in [3.63, 3.8) is 0 Å². The number of primary amides is 1. The minimum atomic E-state index is -0.449. The minimum Gasteiger partial charge on any atom is -0.365 e. The molecule has 27 heavy (non-hydrogen) atoms. The smallest absolute Gasteiger partial charge is 0.258 e. The van der Waals surface area contributed by atoms with Crippen molar-refractivity contribution < 1.29 is 4.79 Å². The topological polar surface area (TPSA) is 60.9 Å². The van der Waals surface area contributed by atoms with Crippen molar-refractivity contribution >= 4 is 40.4 Å². The standard InChI is InChI=1S/C20H13Cl2N3OS/c21-14-7-6-13(10-15(14)22)25-17(18-8-9-19(27-18)20(23)26)11-16(24-25)12-4-2-1-3-5-12/h1-11H,(H2,23,26). The maximum Gasteiger partial charge on any atom is 0.258 e. The Morgan fingerprint density at radius 3 is 2.41 bits per heavy atom. The first-order valence-electron chi connectivity index (χ1n) is 8.04. The van der Waals surface area contributed by atoms with E-state index in [1.807, 2.05) is 48.5 Å². The Labute approximate surface area is 169 Å². The number of nitrogens with two attached hydrogens (primary N) is 1. The molecule has 4 aromatic rings. The molecule has 0 aliphatic rings. The Morgan fingerprint density at radius 1 is 0.963 bits per heavy atom. The minimum absolute atomic E-state index is 0.445. The summed E-state index contributed by atoms with van der Waals surface area (Å²) < 4.78 is 1.79. The van der Waals surface area contributed by atoms with Crippen LogP contribution in [0.1, 0.15) is 9.67 Å². The van der Waals surface area contributed by atoms with Gasteiger partial charge in [-0.15, -0.1) is 11.3 Å². The predicted octanol–water partition coefficient (Wildman–Crippen LogP) is 5.67. The highest BCUT2D eigenvalue weighted by molar-refractivity contribution is 7.17. The summed E-state index contributed by atoms with van der Waals surface area (Å²) in [6.45, 7) is 0. The van der Waals surface area contributed by atoms with Crippen molar-refractivity contribution in [1.29, 1.82) is 0 Å². The average Bonchev–Trinajstić information content (AvgIpc) is 3.32. The van der Waals surface area contributed by atoms with E-state index in [9.17, 15) is 4.79 Å². The van der Waals surface area contributed by atoms with Crippen molar-refractivity contribution in [2.75, 3.05) is 0 Å². The van der Waals surface area contributed by atoms with Gasteiger partial charge in [0.05, 0.1) is 36.9 Å². The number of carbonyl (C=O) groups is 1. The fourth-order valence-electron chi connectivity index (χ4n) is 2.73. The molecule has 1 amide bonds. The van der Waals surface area contributed by atoms with Crippen molar-refractivity contribution in [3.8, 4) is 27.5 Å². The summed E-state index contributed by atoms with van der Waals surface area (Å²) in [6.07, 6.45) is 0. The van der Waals surface area contributed by atoms with Crippen LogP contribution in [0.15, 0.2) is 66.7 Å². The second-order valence-corrected chi connectivity index (χ2v) is 7.72. The molecule has 0 saturated carbocycles. The Bertz CT molecular complexity index is 1140. The normalized spacial score (nSPS) is 10.9. The van der Waals surface area contributed by atoms with Crippen molar-refractivity contribution in [1.82, 2.24) is 9.78 Å². The van der Waals surface area contributed by atoms with Crippen molar-refractivity contribution in [3.05, 3.63) is 81.7 Å². The largest absolute Gasteiger partial charge is 0.365 e. The van der Waals surface area contributed by atoms with Gasteiger partial charge in [-0.1, -0.05) is 53.5 Å². The van der Waals surface area contributed by atoms with E-state index in [1.54, 1.807) is 22.9 Å². The van der Waals surface area contributed by atoms with Crippen LogP contribution < -0.4 is 5.73 Å². The number of aromatic nitrogens is 2. The Morgan fingerprint density at radius 2 is 1.74 bits per heavy atom. The van der Waals surface area contributed by atoms with Crippen LogP contribution in [0.2, 0.25) is 10.0 Å². The highest BCUT2D eigenvalue weighted by Crippen LogP contribution is 2.34. The number of amides is 1. The molecule has 2 aromatic heterocycles. The number of hydrogen-bond acceptors (Lipinski definition) is 3. The van der Waals surface area contributed by atoms with Crippen LogP contribution in [-0.2, 0) is 0 Å². The number of thiophene rings is 1. The fraction of sp³-hybridized carbons (Fsp3) is 0. The van der Waals surface area contributed by atoms with E-state index in [2.05, 4.69) is 0 Å². The van der Waals surface area contributed by atoms with Gasteiger partial charge in [0.2, 0.25) is 0 Å². The molecule has 2 heterocycles. The van der Waals surface area contributed by atoms with E-state index in [0.29, 0.717) is 14.9 Å². The lowest BCUT2D eigenvalue weighted by molar-refractivity contribution is 0.100. The van der Waals surface area contributed by atoms with Gasteiger partial charge in [-0.2, -0.15) is 5.10 Å². The van der Waals surface area contributed by atoms with Gasteiger partial charge < -0.3 is 5.73 Å². The molecule has 0 fully saturated rings. The summed E-state index contributed by atoms with van der Waals surface area (Å²) >= 11 is 13.6. The van der Waals surface area contributed by atoms with Crippen LogP contribution in [0.25, 0.3) is 27.5 Å². The molecule has 4 nitrogen and oxygen atoms in total. The van der Waals surface area contributed by atoms with Crippen LogP contribution in [0, 0.1) is 0 Å². The summed E-state index contributed by atoms with van der Waals surface area (Å²) in [5.74, 6) is -0.449. The first-order chi connectivity index (χ1) is 13.0. The highest BCUT2D eigenvalue weighted by atomic mass is 35.5. The van der Waals surface area contributed by atoms with Gasteiger partial charge in [-0.05, 0) is 36.4 Å². The van der Waals surface area contributed by atoms with E-state index in [1.165, 1.54) is 11.3 Å². The molecule has 4 rings (SSSR count). The summed E-state index contributed by atoms with van der Waals surface area (Å²) in [5, 5.41) is 5.68. The molecule has 0 spiro atoms. The number of rotatable bonds is 4. The van der Waals surface area contributed by atoms with E-state index >= 15 is 0 Å². The van der Waals surface area contributed by atoms with Gasteiger partial charge in [0.1, 0.15) is 0 Å². The van der Waals surface area contributed by atoms with Gasteiger partial charge in [0, 0.05) is 5.56 Å². The zero-order chi connectivity index (χ0) is 19.0. The third-order valence-corrected chi connectivity index (χ3v) is 5.89. The fourth-order valence-corrected chi connectivity index (χ4v) is 3.88. The lowest BCUT2D eigenvalue weighted by Crippen LogP contribution is -2.08. The van der Waals surface area contributed by atoms with Crippen LogP contribution in [-0.4, -0.2) is 15.7 Å². The molecule has 2 N–H and O–H groups in total. The van der Waals surface area contributed by atoms with Gasteiger partial charge in [-0.3, -0.25) is 4.79 Å². The molecular formula is C20H13Cl2N3OS. The molecule has 0 unspecified atom stereocenters. The van der Waals surface area contributed by atoms with Crippen LogP contribution >= 0.6 is 34.5 Å². The van der Waals surface area contributed by atoms with Gasteiger partial charge in [0.25, 0.3) is 5.91 Å². The third kappa shape index (κ3) is 3.49. The summed E-state index contributed by atoms with van der Waals surface area (Å²) in [5.41, 5.74) is 8.82. The molecule has 0 aliphatic heterocycles. The second kappa shape index (κ2) is 7.19. The molecule has 0 radical (unpaired) electrons. The number of carbonyl (C=O) groups excluding carboxylic acids is 1. The zero-order valence-electron chi connectivity index (χ0n) is 13.9. The third-order valence-electron chi connectivity index (χ3n) is 4.03. The molecule has 134 valence electrons. The summed E-state index contributed by atoms with van der Waals surface area (Å²) in [6, 6.07) is 20.8. The molecular weight excluding hydrogens is 401 g/mol. The molecule has 0 aliphatic carbocycles. The highest BCUT2D eigenvalue weighted by Gasteiger charge is 2.16. The Kier molecular flexibility index (Phi) is 4.74. The molecule has 2 aromatic carbocycles. The number of benzene rings is 2. The summed E-state index contributed by atoms with van der Waals surface area (Å²) in [4.78, 5) is 12.9. The van der Waals surface area contributed by atoms with Crippen molar-refractivity contribution in [2.24, 2.45) is 5.73 Å². The predicted molar refractivity (Wildman–Crippen MR) is 111 cm³/mol. The SMILES string of the molecule is NC(=O)c1ccc(-c2cc(-c3ccccc3)nn2-c2ccc(Cl)c(Cl)c2)s1.